The van der Waals surface area contributed by atoms with Crippen LogP contribution < -0.4 is 5.73 Å². The lowest BCUT2D eigenvalue weighted by molar-refractivity contribution is -0.116. The first-order valence-electron chi connectivity index (χ1n) is 6.03. The molecule has 0 spiro atoms. The average Bonchev–Trinajstić information content (AvgIpc) is 2.35. The normalized spacial score (nSPS) is 11.5. The Kier molecular flexibility index (Phi) is 3.80. The van der Waals surface area contributed by atoms with Crippen molar-refractivity contribution in [2.75, 3.05) is 5.73 Å². The number of rotatable bonds is 4. The van der Waals surface area contributed by atoms with Crippen LogP contribution in [0.4, 0.5) is 5.69 Å². The predicted molar refractivity (Wildman–Crippen MR) is 77.8 cm³/mol. The number of nitrogen functional groups attached to an aromatic ring is 1. The highest BCUT2D eigenvalue weighted by Crippen LogP contribution is 2.30. The monoisotopic (exact) mass is 307 g/mol. The van der Waals surface area contributed by atoms with Crippen molar-refractivity contribution in [3.05, 3.63) is 35.9 Å². The topological polar surface area (TPSA) is 115 Å². The summed E-state index contributed by atoms with van der Waals surface area (Å²) in [5, 5.41) is 0.470. The van der Waals surface area contributed by atoms with Crippen molar-refractivity contribution in [1.29, 1.82) is 0 Å². The van der Waals surface area contributed by atoms with Crippen LogP contribution in [0.3, 0.4) is 0 Å². The lowest BCUT2D eigenvalue weighted by Crippen LogP contribution is -2.09. The minimum absolute atomic E-state index is 0.0909. The van der Waals surface area contributed by atoms with Gasteiger partial charge in [0, 0.05) is 16.6 Å². The third-order valence-electron chi connectivity index (χ3n) is 3.02. The Hall–Kier alpha value is -2.25. The molecule has 7 heteroatoms. The number of benzene rings is 2. The molecule has 2 aromatic rings. The molecule has 0 fully saturated rings. The number of nitrogens with two attached hydrogens (primary N) is 1. The second-order valence-corrected chi connectivity index (χ2v) is 6.05. The van der Waals surface area contributed by atoms with Crippen molar-refractivity contribution in [2.45, 2.75) is 18.2 Å². The van der Waals surface area contributed by atoms with Gasteiger partial charge in [-0.05, 0) is 24.4 Å². The average molecular weight is 307 g/mol. The molecule has 6 nitrogen and oxygen atoms in total. The van der Waals surface area contributed by atoms with E-state index in [1.807, 2.05) is 0 Å². The summed E-state index contributed by atoms with van der Waals surface area (Å²) >= 11 is 0. The maximum atomic E-state index is 12.1. The molecule has 0 aliphatic carbocycles. The van der Waals surface area contributed by atoms with Crippen molar-refractivity contribution in [3.8, 4) is 0 Å². The van der Waals surface area contributed by atoms with Crippen LogP contribution in [0, 0.1) is 0 Å². The molecule has 0 saturated carbocycles. The van der Waals surface area contributed by atoms with E-state index in [9.17, 15) is 22.6 Å². The molecule has 0 aliphatic rings. The van der Waals surface area contributed by atoms with E-state index in [-0.39, 0.29) is 39.1 Å². The molecule has 0 aliphatic heterocycles. The quantitative estimate of drug-likeness (QED) is 0.385. The number of anilines is 1. The Labute approximate surface area is 121 Å². The van der Waals surface area contributed by atoms with Gasteiger partial charge in [-0.3, -0.25) is 14.1 Å². The summed E-state index contributed by atoms with van der Waals surface area (Å²) in [6.07, 6.45) is -0.320. The van der Waals surface area contributed by atoms with E-state index in [0.29, 0.717) is 0 Å². The van der Waals surface area contributed by atoms with Crippen LogP contribution in [0.2, 0.25) is 0 Å². The second kappa shape index (κ2) is 5.27. The lowest BCUT2D eigenvalue weighted by Gasteiger charge is -2.10. The molecular weight excluding hydrogens is 294 g/mol. The van der Waals surface area contributed by atoms with Gasteiger partial charge in [0.2, 0.25) is 0 Å². The molecule has 2 aromatic carbocycles. The second-order valence-electron chi connectivity index (χ2n) is 4.66. The van der Waals surface area contributed by atoms with Gasteiger partial charge < -0.3 is 5.73 Å². The molecular formula is C14H13NO5S. The molecule has 0 amide bonds. The van der Waals surface area contributed by atoms with Gasteiger partial charge in [0.1, 0.15) is 10.7 Å². The lowest BCUT2D eigenvalue weighted by atomic mass is 9.97. The zero-order valence-corrected chi connectivity index (χ0v) is 12.0. The summed E-state index contributed by atoms with van der Waals surface area (Å²) in [6, 6.07) is 6.94. The van der Waals surface area contributed by atoms with Crippen LogP contribution in [0.5, 0.6) is 0 Å². The summed E-state index contributed by atoms with van der Waals surface area (Å²) in [4.78, 5) is 22.9. The minimum Gasteiger partial charge on any atom is -0.398 e. The molecule has 21 heavy (non-hydrogen) atoms. The van der Waals surface area contributed by atoms with Gasteiger partial charge in [-0.2, -0.15) is 8.42 Å². The number of ketones is 2. The smallest absolute Gasteiger partial charge is 0.295 e. The van der Waals surface area contributed by atoms with Gasteiger partial charge in [0.05, 0.1) is 6.42 Å². The molecule has 110 valence electrons. The number of fused-ring (bicyclic) bond motifs is 1. The van der Waals surface area contributed by atoms with Crippen molar-refractivity contribution >= 4 is 38.1 Å². The number of hydrogen-bond acceptors (Lipinski definition) is 5. The van der Waals surface area contributed by atoms with Crippen molar-refractivity contribution in [2.24, 2.45) is 0 Å². The first-order chi connectivity index (χ1) is 9.71. The summed E-state index contributed by atoms with van der Waals surface area (Å²) in [7, 11) is -4.43. The van der Waals surface area contributed by atoms with E-state index in [0.717, 1.165) is 0 Å². The Morgan fingerprint density at radius 2 is 1.81 bits per heavy atom. The Morgan fingerprint density at radius 1 is 1.14 bits per heavy atom. The molecule has 3 N–H and O–H groups in total. The molecule has 0 saturated heterocycles. The SMILES string of the molecule is CC(=O)CC(=O)c1c(N)ccc2c(S(=O)(=O)O)cccc12. The van der Waals surface area contributed by atoms with Crippen LogP contribution in [-0.4, -0.2) is 24.5 Å². The third-order valence-corrected chi connectivity index (χ3v) is 3.93. The Balaban J connectivity index is 2.81. The molecule has 0 unspecified atom stereocenters. The molecule has 0 heterocycles. The third kappa shape index (κ3) is 2.93. The van der Waals surface area contributed by atoms with E-state index in [1.165, 1.54) is 37.3 Å². The standard InChI is InChI=1S/C14H13NO5S/c1-8(16)7-12(17)14-10-3-2-4-13(21(18,19)20)9(10)5-6-11(14)15/h2-6H,7,15H2,1H3,(H,18,19,20). The maximum Gasteiger partial charge on any atom is 0.295 e. The first kappa shape index (κ1) is 15.1. The van der Waals surface area contributed by atoms with E-state index < -0.39 is 15.9 Å². The van der Waals surface area contributed by atoms with Crippen molar-refractivity contribution in [1.82, 2.24) is 0 Å². The molecule has 2 rings (SSSR count). The fraction of sp³-hybridized carbons (Fsp3) is 0.143. The van der Waals surface area contributed by atoms with Crippen molar-refractivity contribution in [3.63, 3.8) is 0 Å². The van der Waals surface area contributed by atoms with E-state index in [4.69, 9.17) is 5.73 Å². The van der Waals surface area contributed by atoms with Crippen LogP contribution >= 0.6 is 0 Å². The fourth-order valence-corrected chi connectivity index (χ4v) is 2.90. The highest BCUT2D eigenvalue weighted by molar-refractivity contribution is 7.86. The van der Waals surface area contributed by atoms with Gasteiger partial charge in [-0.25, -0.2) is 0 Å². The zero-order valence-electron chi connectivity index (χ0n) is 11.2. The van der Waals surface area contributed by atoms with Crippen molar-refractivity contribution < 1.29 is 22.6 Å². The number of hydrogen-bond donors (Lipinski definition) is 2. The van der Waals surface area contributed by atoms with Crippen LogP contribution in [0.15, 0.2) is 35.2 Å². The van der Waals surface area contributed by atoms with Crippen LogP contribution in [0.1, 0.15) is 23.7 Å². The number of Topliss-reactive ketones (excluding diaryl/α,β-unsaturated/α-hetero) is 2. The molecule has 0 atom stereocenters. The van der Waals surface area contributed by atoms with Crippen LogP contribution in [0.25, 0.3) is 10.8 Å². The fourth-order valence-electron chi connectivity index (χ4n) is 2.20. The Morgan fingerprint density at radius 3 is 2.38 bits per heavy atom. The molecule has 0 bridgehead atoms. The largest absolute Gasteiger partial charge is 0.398 e. The van der Waals surface area contributed by atoms with Crippen LogP contribution in [-0.2, 0) is 14.9 Å². The summed E-state index contributed by atoms with van der Waals surface area (Å²) in [5.74, 6) is -0.805. The minimum atomic E-state index is -4.43. The van der Waals surface area contributed by atoms with Gasteiger partial charge in [-0.15, -0.1) is 0 Å². The summed E-state index contributed by atoms with van der Waals surface area (Å²) < 4.78 is 32.0. The van der Waals surface area contributed by atoms with E-state index >= 15 is 0 Å². The van der Waals surface area contributed by atoms with Gasteiger partial charge >= 0.3 is 0 Å². The number of carbonyl (C=O) groups excluding carboxylic acids is 2. The Bertz CT molecular complexity index is 855. The highest BCUT2D eigenvalue weighted by Gasteiger charge is 2.20. The van der Waals surface area contributed by atoms with E-state index in [2.05, 4.69) is 0 Å². The molecule has 0 radical (unpaired) electrons. The maximum absolute atomic E-state index is 12.1. The summed E-state index contributed by atoms with van der Waals surface area (Å²) in [5.41, 5.74) is 6.02. The number of carbonyl (C=O) groups is 2. The first-order valence-corrected chi connectivity index (χ1v) is 7.47. The summed E-state index contributed by atoms with van der Waals surface area (Å²) in [6.45, 7) is 1.28. The zero-order chi connectivity index (χ0) is 15.8. The van der Waals surface area contributed by atoms with Gasteiger partial charge in [0.15, 0.2) is 5.78 Å². The van der Waals surface area contributed by atoms with Gasteiger partial charge in [0.25, 0.3) is 10.1 Å². The highest BCUT2D eigenvalue weighted by atomic mass is 32.2. The van der Waals surface area contributed by atoms with Gasteiger partial charge in [-0.1, -0.05) is 18.2 Å². The van der Waals surface area contributed by atoms with E-state index in [1.54, 1.807) is 0 Å². The predicted octanol–water partition coefficient (Wildman–Crippen LogP) is 1.83. The molecule has 0 aromatic heterocycles.